The van der Waals surface area contributed by atoms with Crippen molar-refractivity contribution in [1.82, 2.24) is 19.7 Å². The minimum absolute atomic E-state index is 0.186. The molecule has 0 atom stereocenters. The van der Waals surface area contributed by atoms with Crippen molar-refractivity contribution >= 4 is 23.5 Å². The van der Waals surface area contributed by atoms with E-state index in [1.54, 1.807) is 22.5 Å². The standard InChI is InChI=1S/C18H19N5OS/c1-4-25-15-8-6-5-7-14(15)18(24)21-16-10-17(20-11-19-16)23-13(3)9-12(2)22-23/h5-11H,4H2,1-3H3,(H,19,20,21,24). The van der Waals surface area contributed by atoms with Crippen LogP contribution in [0.25, 0.3) is 5.82 Å². The number of rotatable bonds is 5. The number of nitrogens with zero attached hydrogens (tertiary/aromatic N) is 4. The topological polar surface area (TPSA) is 72.7 Å². The van der Waals surface area contributed by atoms with E-state index >= 15 is 0 Å². The largest absolute Gasteiger partial charge is 0.306 e. The molecule has 0 spiro atoms. The van der Waals surface area contributed by atoms with Crippen LogP contribution in [0.3, 0.4) is 0 Å². The van der Waals surface area contributed by atoms with Crippen LogP contribution in [0.5, 0.6) is 0 Å². The van der Waals surface area contributed by atoms with Crippen LogP contribution >= 0.6 is 11.8 Å². The first-order valence-corrected chi connectivity index (χ1v) is 8.96. The van der Waals surface area contributed by atoms with Crippen LogP contribution < -0.4 is 5.32 Å². The fourth-order valence-corrected chi connectivity index (χ4v) is 3.31. The fourth-order valence-electron chi connectivity index (χ4n) is 2.51. The van der Waals surface area contributed by atoms with Crippen LogP contribution in [0.2, 0.25) is 0 Å². The first-order valence-electron chi connectivity index (χ1n) is 7.97. The fraction of sp³-hybridized carbons (Fsp3) is 0.222. The zero-order valence-electron chi connectivity index (χ0n) is 14.4. The second kappa shape index (κ2) is 7.48. The molecule has 1 amide bonds. The summed E-state index contributed by atoms with van der Waals surface area (Å²) in [6, 6.07) is 11.2. The lowest BCUT2D eigenvalue weighted by atomic mass is 10.2. The van der Waals surface area contributed by atoms with Crippen molar-refractivity contribution in [3.8, 4) is 5.82 Å². The molecular weight excluding hydrogens is 334 g/mol. The van der Waals surface area contributed by atoms with Gasteiger partial charge in [-0.05, 0) is 37.8 Å². The molecule has 0 bridgehead atoms. The van der Waals surface area contributed by atoms with Gasteiger partial charge in [0.2, 0.25) is 0 Å². The number of amides is 1. The number of carbonyl (C=O) groups excluding carboxylic acids is 1. The summed E-state index contributed by atoms with van der Waals surface area (Å²) in [7, 11) is 0. The molecule has 0 aliphatic heterocycles. The number of hydrogen-bond acceptors (Lipinski definition) is 5. The van der Waals surface area contributed by atoms with E-state index in [0.717, 1.165) is 22.0 Å². The van der Waals surface area contributed by atoms with E-state index in [0.29, 0.717) is 17.2 Å². The number of nitrogens with one attached hydrogen (secondary N) is 1. The van der Waals surface area contributed by atoms with Crippen molar-refractivity contribution in [2.45, 2.75) is 25.7 Å². The third-order valence-corrected chi connectivity index (χ3v) is 4.51. The van der Waals surface area contributed by atoms with Crippen LogP contribution in [0, 0.1) is 13.8 Å². The van der Waals surface area contributed by atoms with Gasteiger partial charge in [-0.25, -0.2) is 14.6 Å². The summed E-state index contributed by atoms with van der Waals surface area (Å²) in [6.07, 6.45) is 1.42. The maximum Gasteiger partial charge on any atom is 0.257 e. The molecule has 6 nitrogen and oxygen atoms in total. The second-order valence-corrected chi connectivity index (χ2v) is 6.79. The number of aromatic nitrogens is 4. The average Bonchev–Trinajstić information content (AvgIpc) is 2.94. The molecule has 0 unspecified atom stereocenters. The molecule has 1 N–H and O–H groups in total. The summed E-state index contributed by atoms with van der Waals surface area (Å²) >= 11 is 1.64. The lowest BCUT2D eigenvalue weighted by molar-refractivity contribution is 0.102. The van der Waals surface area contributed by atoms with Gasteiger partial charge in [0.05, 0.1) is 11.3 Å². The minimum atomic E-state index is -0.186. The van der Waals surface area contributed by atoms with Crippen molar-refractivity contribution < 1.29 is 4.79 Å². The summed E-state index contributed by atoms with van der Waals surface area (Å²) in [6.45, 7) is 5.94. The van der Waals surface area contributed by atoms with Gasteiger partial charge in [-0.3, -0.25) is 4.79 Å². The highest BCUT2D eigenvalue weighted by molar-refractivity contribution is 7.99. The van der Waals surface area contributed by atoms with E-state index in [9.17, 15) is 4.79 Å². The predicted molar refractivity (Wildman–Crippen MR) is 99.4 cm³/mol. The van der Waals surface area contributed by atoms with Gasteiger partial charge in [-0.15, -0.1) is 11.8 Å². The second-order valence-electron chi connectivity index (χ2n) is 5.48. The quantitative estimate of drug-likeness (QED) is 0.709. The van der Waals surface area contributed by atoms with Gasteiger partial charge < -0.3 is 5.32 Å². The highest BCUT2D eigenvalue weighted by Crippen LogP contribution is 2.23. The Balaban J connectivity index is 1.85. The lowest BCUT2D eigenvalue weighted by Gasteiger charge is -2.09. The molecular formula is C18H19N5OS. The number of carbonyl (C=O) groups is 1. The molecule has 0 radical (unpaired) electrons. The maximum absolute atomic E-state index is 12.6. The molecule has 0 aliphatic rings. The van der Waals surface area contributed by atoms with Gasteiger partial charge in [0.15, 0.2) is 5.82 Å². The molecule has 2 heterocycles. The SMILES string of the molecule is CCSc1ccccc1C(=O)Nc1cc(-n2nc(C)cc2C)ncn1. The Hall–Kier alpha value is -2.67. The zero-order valence-corrected chi connectivity index (χ0v) is 15.2. The Kier molecular flexibility index (Phi) is 5.14. The monoisotopic (exact) mass is 353 g/mol. The molecule has 2 aromatic heterocycles. The van der Waals surface area contributed by atoms with Crippen LogP contribution in [-0.4, -0.2) is 31.4 Å². The van der Waals surface area contributed by atoms with E-state index < -0.39 is 0 Å². The third kappa shape index (κ3) is 3.88. The van der Waals surface area contributed by atoms with Gasteiger partial charge in [0.1, 0.15) is 12.1 Å². The first kappa shape index (κ1) is 17.2. The van der Waals surface area contributed by atoms with Crippen LogP contribution in [0.1, 0.15) is 28.7 Å². The maximum atomic E-state index is 12.6. The van der Waals surface area contributed by atoms with E-state index in [1.165, 1.54) is 6.33 Å². The van der Waals surface area contributed by atoms with Crippen molar-refractivity contribution in [3.05, 3.63) is 59.7 Å². The van der Waals surface area contributed by atoms with Gasteiger partial charge in [0.25, 0.3) is 5.91 Å². The summed E-state index contributed by atoms with van der Waals surface area (Å²) in [4.78, 5) is 22.0. The minimum Gasteiger partial charge on any atom is -0.306 e. The van der Waals surface area contributed by atoms with Crippen LogP contribution in [0.15, 0.2) is 47.6 Å². The van der Waals surface area contributed by atoms with Gasteiger partial charge in [-0.2, -0.15) is 5.10 Å². The molecule has 3 aromatic rings. The summed E-state index contributed by atoms with van der Waals surface area (Å²) in [5, 5.41) is 7.26. The number of thioether (sulfide) groups is 1. The molecule has 0 saturated carbocycles. The zero-order chi connectivity index (χ0) is 17.8. The first-order chi connectivity index (χ1) is 12.1. The summed E-state index contributed by atoms with van der Waals surface area (Å²) in [5.41, 5.74) is 2.52. The molecule has 3 rings (SSSR count). The number of anilines is 1. The van der Waals surface area contributed by atoms with Gasteiger partial charge >= 0.3 is 0 Å². The Morgan fingerprint density at radius 3 is 2.72 bits per heavy atom. The number of hydrogen-bond donors (Lipinski definition) is 1. The Labute approximate surface area is 150 Å². The van der Waals surface area contributed by atoms with E-state index in [1.807, 2.05) is 44.2 Å². The van der Waals surface area contributed by atoms with E-state index in [-0.39, 0.29) is 5.91 Å². The Bertz CT molecular complexity index is 906. The number of benzene rings is 1. The smallest absolute Gasteiger partial charge is 0.257 e. The highest BCUT2D eigenvalue weighted by atomic mass is 32.2. The highest BCUT2D eigenvalue weighted by Gasteiger charge is 2.13. The van der Waals surface area contributed by atoms with Gasteiger partial charge in [0, 0.05) is 16.7 Å². The third-order valence-electron chi connectivity index (χ3n) is 3.55. The van der Waals surface area contributed by atoms with Crippen molar-refractivity contribution in [2.75, 3.05) is 11.1 Å². The molecule has 1 aromatic carbocycles. The Morgan fingerprint density at radius 2 is 2.00 bits per heavy atom. The van der Waals surface area contributed by atoms with E-state index in [2.05, 4.69) is 27.3 Å². The van der Waals surface area contributed by atoms with Crippen molar-refractivity contribution in [3.63, 3.8) is 0 Å². The molecule has 0 saturated heterocycles. The van der Waals surface area contributed by atoms with E-state index in [4.69, 9.17) is 0 Å². The number of aryl methyl sites for hydroxylation is 2. The molecule has 0 fully saturated rings. The predicted octanol–water partition coefficient (Wildman–Crippen LogP) is 3.64. The van der Waals surface area contributed by atoms with Crippen LogP contribution in [0.4, 0.5) is 5.82 Å². The molecule has 0 aliphatic carbocycles. The van der Waals surface area contributed by atoms with Gasteiger partial charge in [-0.1, -0.05) is 19.1 Å². The lowest BCUT2D eigenvalue weighted by Crippen LogP contribution is -2.15. The van der Waals surface area contributed by atoms with Crippen molar-refractivity contribution in [2.24, 2.45) is 0 Å². The van der Waals surface area contributed by atoms with Crippen LogP contribution in [-0.2, 0) is 0 Å². The average molecular weight is 353 g/mol. The summed E-state index contributed by atoms with van der Waals surface area (Å²) < 4.78 is 1.73. The normalized spacial score (nSPS) is 10.7. The molecule has 128 valence electrons. The molecule has 25 heavy (non-hydrogen) atoms. The van der Waals surface area contributed by atoms with Crippen molar-refractivity contribution in [1.29, 1.82) is 0 Å². The Morgan fingerprint density at radius 1 is 1.20 bits per heavy atom. The summed E-state index contributed by atoms with van der Waals surface area (Å²) in [5.74, 6) is 1.78. The molecule has 7 heteroatoms.